The molecule has 1 aromatic rings. The fraction of sp³-hybridized carbons (Fsp3) is 0.462. The van der Waals surface area contributed by atoms with Crippen LogP contribution in [0.2, 0.25) is 0 Å². The van der Waals surface area contributed by atoms with Gasteiger partial charge in [-0.2, -0.15) is 0 Å². The van der Waals surface area contributed by atoms with Crippen molar-refractivity contribution in [3.05, 3.63) is 28.2 Å². The minimum atomic E-state index is -0.871. The minimum absolute atomic E-state index is 0.0397. The number of carboxylic acid groups (broad SMARTS) is 1. The zero-order valence-corrected chi connectivity index (χ0v) is 11.6. The maximum absolute atomic E-state index is 11.3. The molecule has 0 saturated carbocycles. The Bertz CT molecular complexity index is 457. The van der Waals surface area contributed by atoms with E-state index in [1.54, 1.807) is 6.07 Å². The lowest BCUT2D eigenvalue weighted by molar-refractivity contribution is 0.0697. The van der Waals surface area contributed by atoms with Crippen LogP contribution in [0.5, 0.6) is 0 Å². The average Bonchev–Trinajstić information content (AvgIpc) is 2.58. The lowest BCUT2D eigenvalue weighted by Crippen LogP contribution is -2.39. The van der Waals surface area contributed by atoms with Crippen molar-refractivity contribution in [2.45, 2.75) is 32.2 Å². The van der Waals surface area contributed by atoms with E-state index in [0.29, 0.717) is 5.56 Å². The molecule has 0 spiro atoms. The Labute approximate surface area is 110 Å². The summed E-state index contributed by atoms with van der Waals surface area (Å²) in [5.74, 6) is -0.871. The van der Waals surface area contributed by atoms with Crippen LogP contribution in [0.25, 0.3) is 0 Å². The summed E-state index contributed by atoms with van der Waals surface area (Å²) in [4.78, 5) is 13.5. The largest absolute Gasteiger partial charge is 0.478 e. The van der Waals surface area contributed by atoms with Gasteiger partial charge in [0.25, 0.3) is 0 Å². The van der Waals surface area contributed by atoms with Gasteiger partial charge in [-0.3, -0.25) is 0 Å². The van der Waals surface area contributed by atoms with Crippen LogP contribution in [0.15, 0.2) is 22.7 Å². The van der Waals surface area contributed by atoms with E-state index in [1.165, 1.54) is 0 Å². The molecule has 0 bridgehead atoms. The normalized spacial score (nSPS) is 18.4. The molecular formula is C13H16BrNO2. The van der Waals surface area contributed by atoms with Crippen LogP contribution in [0.3, 0.4) is 0 Å². The molecular weight excluding hydrogens is 282 g/mol. The quantitative estimate of drug-likeness (QED) is 0.908. The van der Waals surface area contributed by atoms with Gasteiger partial charge in [0, 0.05) is 16.6 Å². The van der Waals surface area contributed by atoms with Crippen LogP contribution >= 0.6 is 15.9 Å². The maximum Gasteiger partial charge on any atom is 0.337 e. The molecule has 0 amide bonds. The number of benzene rings is 1. The third kappa shape index (κ3) is 2.32. The van der Waals surface area contributed by atoms with Crippen molar-refractivity contribution < 1.29 is 9.90 Å². The summed E-state index contributed by atoms with van der Waals surface area (Å²) in [6, 6.07) is 5.46. The predicted molar refractivity (Wildman–Crippen MR) is 71.8 cm³/mol. The molecule has 2 rings (SSSR count). The third-order valence-electron chi connectivity index (χ3n) is 3.38. The summed E-state index contributed by atoms with van der Waals surface area (Å²) < 4.78 is 0.802. The van der Waals surface area contributed by atoms with Gasteiger partial charge >= 0.3 is 5.97 Å². The first-order chi connectivity index (χ1) is 7.92. The Morgan fingerprint density at radius 2 is 2.18 bits per heavy atom. The zero-order chi connectivity index (χ0) is 12.6. The van der Waals surface area contributed by atoms with E-state index in [2.05, 4.69) is 34.7 Å². The standard InChI is InChI=1S/C13H16BrNO2/c1-13(2)6-3-7-15(13)11-5-4-9(14)8-10(11)12(16)17/h4-5,8H,3,6-7H2,1-2H3,(H,16,17). The number of hydrogen-bond acceptors (Lipinski definition) is 2. The number of rotatable bonds is 2. The third-order valence-corrected chi connectivity index (χ3v) is 3.87. The van der Waals surface area contributed by atoms with Gasteiger partial charge in [-0.15, -0.1) is 0 Å². The van der Waals surface area contributed by atoms with Gasteiger partial charge in [-0.1, -0.05) is 15.9 Å². The molecule has 3 nitrogen and oxygen atoms in total. The van der Waals surface area contributed by atoms with Gasteiger partial charge in [0.1, 0.15) is 0 Å². The molecule has 0 aromatic heterocycles. The highest BCUT2D eigenvalue weighted by Gasteiger charge is 2.33. The predicted octanol–water partition coefficient (Wildman–Crippen LogP) is 3.53. The van der Waals surface area contributed by atoms with E-state index in [4.69, 9.17) is 0 Å². The highest BCUT2D eigenvalue weighted by atomic mass is 79.9. The van der Waals surface area contributed by atoms with E-state index in [1.807, 2.05) is 12.1 Å². The summed E-state index contributed by atoms with van der Waals surface area (Å²) in [5.41, 5.74) is 1.23. The molecule has 1 aliphatic rings. The SMILES string of the molecule is CC1(C)CCCN1c1ccc(Br)cc1C(=O)O. The van der Waals surface area contributed by atoms with Gasteiger partial charge in [0.05, 0.1) is 11.3 Å². The van der Waals surface area contributed by atoms with Crippen LogP contribution < -0.4 is 4.90 Å². The molecule has 0 atom stereocenters. The fourth-order valence-electron chi connectivity index (χ4n) is 2.47. The Morgan fingerprint density at radius 1 is 1.47 bits per heavy atom. The Balaban J connectivity index is 2.48. The highest BCUT2D eigenvalue weighted by molar-refractivity contribution is 9.10. The summed E-state index contributed by atoms with van der Waals surface area (Å²) in [6.07, 6.45) is 2.21. The van der Waals surface area contributed by atoms with Crippen molar-refractivity contribution in [1.82, 2.24) is 0 Å². The first-order valence-corrected chi connectivity index (χ1v) is 6.51. The molecule has 17 heavy (non-hydrogen) atoms. The van der Waals surface area contributed by atoms with Crippen molar-refractivity contribution in [2.24, 2.45) is 0 Å². The first-order valence-electron chi connectivity index (χ1n) is 5.72. The van der Waals surface area contributed by atoms with Gasteiger partial charge in [-0.05, 0) is 44.9 Å². The lowest BCUT2D eigenvalue weighted by atomic mass is 10.0. The molecule has 1 fully saturated rings. The van der Waals surface area contributed by atoms with Crippen molar-refractivity contribution in [3.63, 3.8) is 0 Å². The molecule has 1 aliphatic heterocycles. The van der Waals surface area contributed by atoms with Gasteiger partial charge < -0.3 is 10.0 Å². The molecule has 92 valence electrons. The van der Waals surface area contributed by atoms with E-state index < -0.39 is 5.97 Å². The minimum Gasteiger partial charge on any atom is -0.478 e. The number of nitrogens with zero attached hydrogens (tertiary/aromatic N) is 1. The second-order valence-corrected chi connectivity index (χ2v) is 5.95. The lowest BCUT2D eigenvalue weighted by Gasteiger charge is -2.34. The van der Waals surface area contributed by atoms with E-state index in [9.17, 15) is 9.90 Å². The molecule has 0 aliphatic carbocycles. The first kappa shape index (κ1) is 12.4. The molecule has 1 saturated heterocycles. The monoisotopic (exact) mass is 297 g/mol. The van der Waals surface area contributed by atoms with E-state index in [0.717, 1.165) is 29.5 Å². The number of hydrogen-bond donors (Lipinski definition) is 1. The second-order valence-electron chi connectivity index (χ2n) is 5.03. The van der Waals surface area contributed by atoms with E-state index >= 15 is 0 Å². The number of halogens is 1. The Kier molecular flexibility index (Phi) is 3.17. The molecule has 4 heteroatoms. The zero-order valence-electron chi connectivity index (χ0n) is 10.0. The molecule has 0 radical (unpaired) electrons. The average molecular weight is 298 g/mol. The van der Waals surface area contributed by atoms with Crippen LogP contribution in [-0.2, 0) is 0 Å². The van der Waals surface area contributed by atoms with Crippen molar-refractivity contribution in [3.8, 4) is 0 Å². The van der Waals surface area contributed by atoms with Crippen molar-refractivity contribution in [2.75, 3.05) is 11.4 Å². The van der Waals surface area contributed by atoms with Crippen LogP contribution in [-0.4, -0.2) is 23.2 Å². The van der Waals surface area contributed by atoms with Crippen LogP contribution in [0.4, 0.5) is 5.69 Å². The Hall–Kier alpha value is -1.03. The molecule has 1 N–H and O–H groups in total. The highest BCUT2D eigenvalue weighted by Crippen LogP contribution is 2.36. The van der Waals surface area contributed by atoms with Gasteiger partial charge in [-0.25, -0.2) is 4.79 Å². The Morgan fingerprint density at radius 3 is 2.71 bits per heavy atom. The fourth-order valence-corrected chi connectivity index (χ4v) is 2.83. The van der Waals surface area contributed by atoms with Gasteiger partial charge in [0.15, 0.2) is 0 Å². The van der Waals surface area contributed by atoms with E-state index in [-0.39, 0.29) is 5.54 Å². The topological polar surface area (TPSA) is 40.5 Å². The molecule has 0 unspecified atom stereocenters. The number of carbonyl (C=O) groups is 1. The summed E-state index contributed by atoms with van der Waals surface area (Å²) in [6.45, 7) is 5.25. The number of anilines is 1. The second kappa shape index (κ2) is 4.33. The smallest absolute Gasteiger partial charge is 0.337 e. The molecule has 1 heterocycles. The van der Waals surface area contributed by atoms with Crippen molar-refractivity contribution in [1.29, 1.82) is 0 Å². The van der Waals surface area contributed by atoms with Crippen molar-refractivity contribution >= 4 is 27.6 Å². The number of carboxylic acids is 1. The summed E-state index contributed by atoms with van der Waals surface area (Å²) >= 11 is 3.32. The van der Waals surface area contributed by atoms with Crippen LogP contribution in [0.1, 0.15) is 37.0 Å². The maximum atomic E-state index is 11.3. The molecule has 1 aromatic carbocycles. The summed E-state index contributed by atoms with van der Waals surface area (Å²) in [7, 11) is 0. The van der Waals surface area contributed by atoms with Gasteiger partial charge in [0.2, 0.25) is 0 Å². The van der Waals surface area contributed by atoms with Crippen LogP contribution in [0, 0.1) is 0 Å². The number of aromatic carboxylic acids is 1. The summed E-state index contributed by atoms with van der Waals surface area (Å²) in [5, 5.41) is 9.27.